The van der Waals surface area contributed by atoms with E-state index in [2.05, 4.69) is 42.6 Å². The fraction of sp³-hybridized carbons (Fsp3) is 0.500. The van der Waals surface area contributed by atoms with Crippen molar-refractivity contribution < 1.29 is 4.74 Å². The third-order valence-corrected chi connectivity index (χ3v) is 3.20. The van der Waals surface area contributed by atoms with Gasteiger partial charge in [0.1, 0.15) is 11.9 Å². The Hall–Kier alpha value is -1.28. The monoisotopic (exact) mass is 245 g/mol. The lowest BCUT2D eigenvalue weighted by Crippen LogP contribution is -2.19. The molecular weight excluding hydrogens is 222 g/mol. The highest BCUT2D eigenvalue weighted by Gasteiger charge is 2.11. The molecule has 0 aliphatic heterocycles. The van der Waals surface area contributed by atoms with Crippen LogP contribution in [0.1, 0.15) is 38.2 Å². The molecule has 1 atom stereocenters. The lowest BCUT2D eigenvalue weighted by atomic mass is 10.1. The molecule has 0 heterocycles. The quantitative estimate of drug-likeness (QED) is 0.610. The Bertz CT molecular complexity index is 386. The Balaban J connectivity index is 1.97. The molecule has 0 saturated carbocycles. The third-order valence-electron chi connectivity index (χ3n) is 3.20. The van der Waals surface area contributed by atoms with E-state index in [1.807, 2.05) is 6.07 Å². The zero-order valence-electron chi connectivity index (χ0n) is 11.2. The molecule has 0 spiro atoms. The van der Waals surface area contributed by atoms with Gasteiger partial charge in [-0.2, -0.15) is 0 Å². The first kappa shape index (κ1) is 13.2. The molecule has 0 aromatic heterocycles. The van der Waals surface area contributed by atoms with Gasteiger partial charge >= 0.3 is 0 Å². The normalized spacial score (nSPS) is 18.8. The zero-order chi connectivity index (χ0) is 12.6. The topological polar surface area (TPSA) is 21.3 Å². The Morgan fingerprint density at radius 3 is 3.00 bits per heavy atom. The van der Waals surface area contributed by atoms with Crippen molar-refractivity contribution in [1.29, 1.82) is 0 Å². The minimum Gasteiger partial charge on any atom is -0.486 e. The fourth-order valence-corrected chi connectivity index (χ4v) is 2.21. The Morgan fingerprint density at radius 1 is 1.33 bits per heavy atom. The van der Waals surface area contributed by atoms with Gasteiger partial charge in [-0.15, -0.1) is 0 Å². The van der Waals surface area contributed by atoms with Gasteiger partial charge in [0.15, 0.2) is 0 Å². The van der Waals surface area contributed by atoms with Crippen LogP contribution in [0.3, 0.4) is 0 Å². The SMILES string of the molecule is CCCNCc1ccccc1OC1C=CCCC1. The summed E-state index contributed by atoms with van der Waals surface area (Å²) in [5, 5.41) is 3.43. The van der Waals surface area contributed by atoms with Crippen LogP contribution in [0.5, 0.6) is 5.75 Å². The third kappa shape index (κ3) is 3.88. The summed E-state index contributed by atoms with van der Waals surface area (Å²) >= 11 is 0. The molecule has 18 heavy (non-hydrogen) atoms. The summed E-state index contributed by atoms with van der Waals surface area (Å²) in [7, 11) is 0. The molecule has 98 valence electrons. The van der Waals surface area contributed by atoms with Crippen LogP contribution in [0.2, 0.25) is 0 Å². The summed E-state index contributed by atoms with van der Waals surface area (Å²) < 4.78 is 6.09. The molecule has 0 fully saturated rings. The van der Waals surface area contributed by atoms with Crippen molar-refractivity contribution in [2.75, 3.05) is 6.54 Å². The zero-order valence-corrected chi connectivity index (χ0v) is 11.2. The minimum absolute atomic E-state index is 0.256. The van der Waals surface area contributed by atoms with Crippen LogP contribution in [-0.4, -0.2) is 12.6 Å². The first-order valence-corrected chi connectivity index (χ1v) is 7.02. The minimum atomic E-state index is 0.256. The molecule has 1 N–H and O–H groups in total. The molecular formula is C16H23NO. The predicted molar refractivity (Wildman–Crippen MR) is 75.8 cm³/mol. The van der Waals surface area contributed by atoms with Gasteiger partial charge in [0, 0.05) is 12.1 Å². The molecule has 0 amide bonds. The molecule has 0 saturated heterocycles. The number of benzene rings is 1. The summed E-state index contributed by atoms with van der Waals surface area (Å²) in [6.45, 7) is 4.13. The Kier molecular flexibility index (Phi) is 5.28. The second-order valence-electron chi connectivity index (χ2n) is 4.80. The molecule has 1 aromatic carbocycles. The molecule has 2 rings (SSSR count). The lowest BCUT2D eigenvalue weighted by Gasteiger charge is -2.20. The highest BCUT2D eigenvalue weighted by Crippen LogP contribution is 2.22. The van der Waals surface area contributed by atoms with Crippen LogP contribution >= 0.6 is 0 Å². The first-order chi connectivity index (χ1) is 8.90. The van der Waals surface area contributed by atoms with E-state index in [0.717, 1.165) is 31.7 Å². The number of rotatable bonds is 6. The van der Waals surface area contributed by atoms with Gasteiger partial charge in [0.2, 0.25) is 0 Å². The van der Waals surface area contributed by atoms with E-state index >= 15 is 0 Å². The van der Waals surface area contributed by atoms with Gasteiger partial charge in [-0.05, 0) is 44.4 Å². The van der Waals surface area contributed by atoms with E-state index in [1.54, 1.807) is 0 Å². The summed E-state index contributed by atoms with van der Waals surface area (Å²) in [5.74, 6) is 1.03. The van der Waals surface area contributed by atoms with Crippen molar-refractivity contribution in [3.05, 3.63) is 42.0 Å². The number of nitrogens with one attached hydrogen (secondary N) is 1. The van der Waals surface area contributed by atoms with Crippen molar-refractivity contribution in [3.8, 4) is 5.75 Å². The van der Waals surface area contributed by atoms with E-state index in [4.69, 9.17) is 4.74 Å². The summed E-state index contributed by atoms with van der Waals surface area (Å²) in [6.07, 6.45) is 9.40. The maximum absolute atomic E-state index is 6.09. The van der Waals surface area contributed by atoms with Crippen LogP contribution in [0.4, 0.5) is 0 Å². The molecule has 1 unspecified atom stereocenters. The highest BCUT2D eigenvalue weighted by molar-refractivity contribution is 5.33. The van der Waals surface area contributed by atoms with Crippen molar-refractivity contribution in [1.82, 2.24) is 5.32 Å². The number of ether oxygens (including phenoxy) is 1. The Labute approximate surface area is 110 Å². The van der Waals surface area contributed by atoms with Gasteiger partial charge in [0.05, 0.1) is 0 Å². The summed E-state index contributed by atoms with van der Waals surface area (Å²) in [5.41, 5.74) is 1.25. The van der Waals surface area contributed by atoms with Crippen LogP contribution in [0, 0.1) is 0 Å². The lowest BCUT2D eigenvalue weighted by molar-refractivity contribution is 0.227. The van der Waals surface area contributed by atoms with Crippen molar-refractivity contribution >= 4 is 0 Å². The van der Waals surface area contributed by atoms with Crippen LogP contribution in [0.25, 0.3) is 0 Å². The van der Waals surface area contributed by atoms with E-state index in [9.17, 15) is 0 Å². The molecule has 2 nitrogen and oxygen atoms in total. The van der Waals surface area contributed by atoms with Crippen molar-refractivity contribution in [2.45, 2.75) is 45.3 Å². The molecule has 2 heteroatoms. The van der Waals surface area contributed by atoms with Crippen LogP contribution < -0.4 is 10.1 Å². The highest BCUT2D eigenvalue weighted by atomic mass is 16.5. The smallest absolute Gasteiger partial charge is 0.124 e. The predicted octanol–water partition coefficient (Wildman–Crippen LogP) is 3.67. The summed E-state index contributed by atoms with van der Waals surface area (Å²) in [6, 6.07) is 8.34. The average Bonchev–Trinajstić information content (AvgIpc) is 2.42. The van der Waals surface area contributed by atoms with Gasteiger partial charge < -0.3 is 10.1 Å². The maximum Gasteiger partial charge on any atom is 0.124 e. The standard InChI is InChI=1S/C16H23NO/c1-2-12-17-13-14-8-6-7-11-16(14)18-15-9-4-3-5-10-15/h4,6-9,11,15,17H,2-3,5,10,12-13H2,1H3. The van der Waals surface area contributed by atoms with Crippen LogP contribution in [-0.2, 0) is 6.54 Å². The fourth-order valence-electron chi connectivity index (χ4n) is 2.21. The molecule has 0 bridgehead atoms. The van der Waals surface area contributed by atoms with Gasteiger partial charge in [0.25, 0.3) is 0 Å². The van der Waals surface area contributed by atoms with Gasteiger partial charge in [-0.1, -0.05) is 31.2 Å². The maximum atomic E-state index is 6.09. The van der Waals surface area contributed by atoms with Crippen molar-refractivity contribution in [3.63, 3.8) is 0 Å². The first-order valence-electron chi connectivity index (χ1n) is 7.02. The summed E-state index contributed by atoms with van der Waals surface area (Å²) in [4.78, 5) is 0. The second-order valence-corrected chi connectivity index (χ2v) is 4.80. The van der Waals surface area contributed by atoms with E-state index < -0.39 is 0 Å². The number of para-hydroxylation sites is 1. The van der Waals surface area contributed by atoms with E-state index in [0.29, 0.717) is 0 Å². The molecule has 0 radical (unpaired) electrons. The van der Waals surface area contributed by atoms with Crippen LogP contribution in [0.15, 0.2) is 36.4 Å². The Morgan fingerprint density at radius 2 is 2.22 bits per heavy atom. The molecule has 1 aliphatic rings. The average molecular weight is 245 g/mol. The van der Waals surface area contributed by atoms with Gasteiger partial charge in [-0.3, -0.25) is 0 Å². The van der Waals surface area contributed by atoms with Gasteiger partial charge in [-0.25, -0.2) is 0 Å². The van der Waals surface area contributed by atoms with E-state index in [1.165, 1.54) is 18.4 Å². The van der Waals surface area contributed by atoms with E-state index in [-0.39, 0.29) is 6.10 Å². The molecule has 1 aromatic rings. The van der Waals surface area contributed by atoms with Crippen molar-refractivity contribution in [2.24, 2.45) is 0 Å². The second kappa shape index (κ2) is 7.22. The molecule has 1 aliphatic carbocycles. The number of hydrogen-bond acceptors (Lipinski definition) is 2. The largest absolute Gasteiger partial charge is 0.486 e. The number of hydrogen-bond donors (Lipinski definition) is 1. The number of allylic oxidation sites excluding steroid dienone is 1.